The number of fused-ring (bicyclic) bond motifs is 1. The van der Waals surface area contributed by atoms with Crippen molar-refractivity contribution in [3.05, 3.63) is 60.2 Å². The van der Waals surface area contributed by atoms with Crippen LogP contribution in [-0.2, 0) is 13.5 Å². The van der Waals surface area contributed by atoms with Crippen LogP contribution in [0.5, 0.6) is 5.75 Å². The average Bonchev–Trinajstić information content (AvgIpc) is 3.16. The van der Waals surface area contributed by atoms with Crippen molar-refractivity contribution in [1.29, 1.82) is 0 Å². The van der Waals surface area contributed by atoms with Crippen LogP contribution in [0.1, 0.15) is 5.56 Å². The van der Waals surface area contributed by atoms with Gasteiger partial charge in [-0.2, -0.15) is 10.1 Å². The first-order valence-corrected chi connectivity index (χ1v) is 11.3. The number of aryl methyl sites for hydroxylation is 1. The van der Waals surface area contributed by atoms with Crippen molar-refractivity contribution in [2.24, 2.45) is 7.05 Å². The highest BCUT2D eigenvalue weighted by molar-refractivity contribution is 5.99. The molecule has 0 spiro atoms. The molecule has 0 amide bonds. The molecule has 33 heavy (non-hydrogen) atoms. The van der Waals surface area contributed by atoms with Crippen molar-refractivity contribution in [2.45, 2.75) is 6.42 Å². The third-order valence-corrected chi connectivity index (χ3v) is 6.31. The van der Waals surface area contributed by atoms with Gasteiger partial charge in [0.25, 0.3) is 0 Å². The second-order valence-corrected chi connectivity index (χ2v) is 8.37. The predicted molar refractivity (Wildman–Crippen MR) is 132 cm³/mol. The number of benzene rings is 2. The van der Waals surface area contributed by atoms with E-state index in [1.54, 1.807) is 11.8 Å². The van der Waals surface area contributed by atoms with E-state index in [4.69, 9.17) is 20.4 Å². The zero-order chi connectivity index (χ0) is 22.8. The van der Waals surface area contributed by atoms with E-state index in [0.717, 1.165) is 61.5 Å². The first kappa shape index (κ1) is 21.2. The van der Waals surface area contributed by atoms with E-state index in [-0.39, 0.29) is 0 Å². The van der Waals surface area contributed by atoms with Crippen LogP contribution < -0.4 is 15.4 Å². The Balaban J connectivity index is 1.37. The molecule has 3 heterocycles. The zero-order valence-corrected chi connectivity index (χ0v) is 19.1. The van der Waals surface area contributed by atoms with Crippen LogP contribution in [0.4, 0.5) is 11.8 Å². The summed E-state index contributed by atoms with van der Waals surface area (Å²) in [6, 6.07) is 18.5. The molecule has 8 heteroatoms. The second-order valence-electron chi connectivity index (χ2n) is 8.37. The van der Waals surface area contributed by atoms with Crippen LogP contribution in [0.2, 0.25) is 0 Å². The Hall–Kier alpha value is -3.65. The van der Waals surface area contributed by atoms with Crippen molar-refractivity contribution in [3.8, 4) is 17.0 Å². The second kappa shape index (κ2) is 9.07. The monoisotopic (exact) mass is 443 g/mol. The van der Waals surface area contributed by atoms with Crippen molar-refractivity contribution in [2.75, 3.05) is 50.5 Å². The number of nitrogens with two attached hydrogens (primary N) is 1. The van der Waals surface area contributed by atoms with Crippen molar-refractivity contribution < 1.29 is 4.74 Å². The molecule has 2 aromatic heterocycles. The number of methoxy groups -OCH3 is 1. The van der Waals surface area contributed by atoms with E-state index in [1.165, 1.54) is 5.56 Å². The Labute approximate surface area is 193 Å². The Morgan fingerprint density at radius 3 is 2.36 bits per heavy atom. The van der Waals surface area contributed by atoms with Gasteiger partial charge in [0.15, 0.2) is 5.65 Å². The molecule has 0 unspecified atom stereocenters. The Kier molecular flexibility index (Phi) is 5.83. The lowest BCUT2D eigenvalue weighted by atomic mass is 10.1. The van der Waals surface area contributed by atoms with Gasteiger partial charge >= 0.3 is 0 Å². The minimum Gasteiger partial charge on any atom is -0.497 e. The summed E-state index contributed by atoms with van der Waals surface area (Å²) in [5.74, 6) is 2.07. The largest absolute Gasteiger partial charge is 0.497 e. The lowest BCUT2D eigenvalue weighted by molar-refractivity contribution is 0.260. The fraction of sp³-hybridized carbons (Fsp3) is 0.320. The van der Waals surface area contributed by atoms with E-state index >= 15 is 0 Å². The van der Waals surface area contributed by atoms with Crippen LogP contribution in [0.3, 0.4) is 0 Å². The van der Waals surface area contributed by atoms with Gasteiger partial charge in [-0.25, -0.2) is 4.98 Å². The van der Waals surface area contributed by atoms with Gasteiger partial charge < -0.3 is 15.4 Å². The molecule has 170 valence electrons. The highest BCUT2D eigenvalue weighted by atomic mass is 16.5. The predicted octanol–water partition coefficient (Wildman–Crippen LogP) is 2.99. The van der Waals surface area contributed by atoms with Crippen LogP contribution >= 0.6 is 0 Å². The number of piperazine rings is 1. The maximum Gasteiger partial charge on any atom is 0.228 e. The number of anilines is 2. The van der Waals surface area contributed by atoms with Gasteiger partial charge in [-0.3, -0.25) is 9.58 Å². The quantitative estimate of drug-likeness (QED) is 0.490. The highest BCUT2D eigenvalue weighted by Gasteiger charge is 2.23. The van der Waals surface area contributed by atoms with E-state index in [1.807, 2.05) is 31.3 Å². The van der Waals surface area contributed by atoms with Gasteiger partial charge in [0.2, 0.25) is 5.95 Å². The molecule has 2 N–H and O–H groups in total. The molecule has 1 saturated heterocycles. The number of hydrogen-bond acceptors (Lipinski definition) is 7. The summed E-state index contributed by atoms with van der Waals surface area (Å²) < 4.78 is 6.97. The lowest BCUT2D eigenvalue weighted by Crippen LogP contribution is -2.47. The summed E-state index contributed by atoms with van der Waals surface area (Å²) in [6.07, 6.45) is 1.07. The first-order valence-electron chi connectivity index (χ1n) is 11.3. The molecule has 0 radical (unpaired) electrons. The van der Waals surface area contributed by atoms with E-state index in [9.17, 15) is 0 Å². The minimum absolute atomic E-state index is 0.563. The normalized spacial score (nSPS) is 14.7. The van der Waals surface area contributed by atoms with Gasteiger partial charge in [-0.1, -0.05) is 30.3 Å². The summed E-state index contributed by atoms with van der Waals surface area (Å²) in [6.45, 7) is 4.79. The molecule has 0 atom stereocenters. The molecule has 0 saturated carbocycles. The molecular weight excluding hydrogens is 414 g/mol. The summed E-state index contributed by atoms with van der Waals surface area (Å²) in [4.78, 5) is 14.5. The molecule has 8 nitrogen and oxygen atoms in total. The van der Waals surface area contributed by atoms with Crippen molar-refractivity contribution >= 4 is 22.8 Å². The zero-order valence-electron chi connectivity index (χ0n) is 19.1. The SMILES string of the molecule is COc1ccc(-c2nc(N3CCN(CCc4ccccc4)CC3)nc3nn(C)c(N)c23)cc1. The number of ether oxygens (including phenoxy) is 1. The maximum atomic E-state index is 6.34. The molecule has 1 fully saturated rings. The van der Waals surface area contributed by atoms with Gasteiger partial charge in [0.1, 0.15) is 11.6 Å². The van der Waals surface area contributed by atoms with E-state index in [2.05, 4.69) is 45.2 Å². The first-order chi connectivity index (χ1) is 16.1. The third kappa shape index (κ3) is 4.34. The van der Waals surface area contributed by atoms with Gasteiger partial charge in [0.05, 0.1) is 18.2 Å². The summed E-state index contributed by atoms with van der Waals surface area (Å²) in [5, 5.41) is 5.33. The molecule has 0 bridgehead atoms. The number of hydrogen-bond donors (Lipinski definition) is 1. The van der Waals surface area contributed by atoms with Crippen LogP contribution in [0.25, 0.3) is 22.3 Å². The van der Waals surface area contributed by atoms with Crippen LogP contribution in [0.15, 0.2) is 54.6 Å². The highest BCUT2D eigenvalue weighted by Crippen LogP contribution is 2.32. The standard InChI is InChI=1S/C25H29N7O/c1-30-23(26)21-22(19-8-10-20(33-2)11-9-19)27-25(28-24(21)29-30)32-16-14-31(15-17-32)13-12-18-6-4-3-5-7-18/h3-11H,12-17,26H2,1-2H3. The molecule has 2 aromatic carbocycles. The molecule has 5 rings (SSSR count). The summed E-state index contributed by atoms with van der Waals surface area (Å²) >= 11 is 0. The van der Waals surface area contributed by atoms with Crippen LogP contribution in [-0.4, -0.2) is 64.5 Å². The summed E-state index contributed by atoms with van der Waals surface area (Å²) in [5.41, 5.74) is 10.1. The smallest absolute Gasteiger partial charge is 0.228 e. The number of nitrogen functional groups attached to an aromatic ring is 1. The third-order valence-electron chi connectivity index (χ3n) is 6.31. The van der Waals surface area contributed by atoms with Gasteiger partial charge in [-0.05, 0) is 36.2 Å². The van der Waals surface area contributed by atoms with E-state index in [0.29, 0.717) is 17.4 Å². The number of rotatable bonds is 6. The lowest BCUT2D eigenvalue weighted by Gasteiger charge is -2.34. The molecule has 1 aliphatic heterocycles. The maximum absolute atomic E-state index is 6.34. The minimum atomic E-state index is 0.563. The topological polar surface area (TPSA) is 85.3 Å². The fourth-order valence-electron chi connectivity index (χ4n) is 4.31. The van der Waals surface area contributed by atoms with E-state index < -0.39 is 0 Å². The number of nitrogens with zero attached hydrogens (tertiary/aromatic N) is 6. The van der Waals surface area contributed by atoms with Crippen molar-refractivity contribution in [1.82, 2.24) is 24.6 Å². The molecule has 0 aliphatic carbocycles. The summed E-state index contributed by atoms with van der Waals surface area (Å²) in [7, 11) is 3.49. The van der Waals surface area contributed by atoms with Gasteiger partial charge in [-0.15, -0.1) is 0 Å². The average molecular weight is 444 g/mol. The van der Waals surface area contributed by atoms with Crippen molar-refractivity contribution in [3.63, 3.8) is 0 Å². The Bertz CT molecular complexity index is 1230. The Morgan fingerprint density at radius 1 is 0.939 bits per heavy atom. The molecule has 1 aliphatic rings. The van der Waals surface area contributed by atoms with Crippen LogP contribution in [0, 0.1) is 0 Å². The van der Waals surface area contributed by atoms with Gasteiger partial charge in [0, 0.05) is 45.3 Å². The molecular formula is C25H29N7O. The Morgan fingerprint density at radius 2 is 1.67 bits per heavy atom. The fourth-order valence-corrected chi connectivity index (χ4v) is 4.31. The number of aromatic nitrogens is 4. The molecule has 4 aromatic rings.